The maximum absolute atomic E-state index is 14.2. The van der Waals surface area contributed by atoms with Crippen LogP contribution in [0.3, 0.4) is 0 Å². The van der Waals surface area contributed by atoms with E-state index in [-0.39, 0.29) is 17.1 Å². The van der Waals surface area contributed by atoms with Gasteiger partial charge in [-0.2, -0.15) is 0 Å². The van der Waals surface area contributed by atoms with E-state index in [9.17, 15) is 9.18 Å². The summed E-state index contributed by atoms with van der Waals surface area (Å²) in [6.45, 7) is 2.08. The highest BCUT2D eigenvalue weighted by Crippen LogP contribution is 2.61. The van der Waals surface area contributed by atoms with Crippen LogP contribution in [-0.4, -0.2) is 12.0 Å². The second-order valence-electron chi connectivity index (χ2n) is 7.16. The predicted molar refractivity (Wildman–Crippen MR) is 79.8 cm³/mol. The summed E-state index contributed by atoms with van der Waals surface area (Å²) in [7, 11) is 0. The molecule has 3 aliphatic carbocycles. The van der Waals surface area contributed by atoms with Crippen LogP contribution in [0.5, 0.6) is 0 Å². The molecule has 4 rings (SSSR count). The van der Waals surface area contributed by atoms with Crippen molar-refractivity contribution in [3.8, 4) is 0 Å². The van der Waals surface area contributed by atoms with Crippen LogP contribution in [0.2, 0.25) is 0 Å². The standard InChI is InChI=1S/C19H22FO/c1-2-19-10-9-14-13-6-4-3-5-12(13)7-8-15(14)16(19)11-17(20)18(19)21/h4-6,14-17H,2,7-11H2,1H3/t14-,15-,16+,17+,19+/m1/s1. The fraction of sp³-hybridized carbons (Fsp3) is 0.632. The zero-order valence-corrected chi connectivity index (χ0v) is 12.6. The maximum atomic E-state index is 14.2. The molecule has 0 unspecified atom stereocenters. The number of Topliss-reactive ketones (excluding diaryl/α,β-unsaturated/α-hetero) is 1. The minimum Gasteiger partial charge on any atom is -0.296 e. The van der Waals surface area contributed by atoms with Crippen LogP contribution in [0.1, 0.15) is 56.1 Å². The summed E-state index contributed by atoms with van der Waals surface area (Å²) in [6.07, 6.45) is 4.19. The Bertz CT molecular complexity index is 581. The van der Waals surface area contributed by atoms with Gasteiger partial charge in [0.15, 0.2) is 12.0 Å². The molecule has 1 radical (unpaired) electrons. The molecule has 1 aromatic carbocycles. The summed E-state index contributed by atoms with van der Waals surface area (Å²) in [5.74, 6) is 1.21. The molecule has 0 spiro atoms. The Kier molecular flexibility index (Phi) is 2.99. The van der Waals surface area contributed by atoms with Gasteiger partial charge in [0.1, 0.15) is 0 Å². The molecule has 0 bridgehead atoms. The summed E-state index contributed by atoms with van der Waals surface area (Å²) in [6, 6.07) is 9.50. The maximum Gasteiger partial charge on any atom is 0.173 e. The molecule has 0 aliphatic heterocycles. The number of benzene rings is 1. The minimum absolute atomic E-state index is 0.0827. The van der Waals surface area contributed by atoms with Crippen LogP contribution in [-0.2, 0) is 11.2 Å². The van der Waals surface area contributed by atoms with E-state index in [1.165, 1.54) is 11.1 Å². The lowest BCUT2D eigenvalue weighted by Crippen LogP contribution is -2.44. The van der Waals surface area contributed by atoms with E-state index >= 15 is 0 Å². The van der Waals surface area contributed by atoms with E-state index in [1.807, 2.05) is 6.07 Å². The Balaban J connectivity index is 1.74. The first kappa shape index (κ1) is 13.5. The molecular weight excluding hydrogens is 263 g/mol. The number of carbonyl (C=O) groups is 1. The first-order valence-corrected chi connectivity index (χ1v) is 8.34. The Hall–Kier alpha value is -1.18. The third-order valence-corrected chi connectivity index (χ3v) is 6.65. The highest BCUT2D eigenvalue weighted by atomic mass is 19.1. The van der Waals surface area contributed by atoms with Gasteiger partial charge in [-0.05, 0) is 73.5 Å². The minimum atomic E-state index is -1.21. The number of carbonyl (C=O) groups excluding carboxylic acids is 1. The summed E-state index contributed by atoms with van der Waals surface area (Å²) < 4.78 is 14.2. The molecular formula is C19H22FO. The van der Waals surface area contributed by atoms with Crippen molar-refractivity contribution in [2.75, 3.05) is 0 Å². The molecule has 0 saturated heterocycles. The number of fused-ring (bicyclic) bond motifs is 5. The number of ketones is 1. The number of hydrogen-bond donors (Lipinski definition) is 0. The third-order valence-electron chi connectivity index (χ3n) is 6.65. The molecule has 1 nitrogen and oxygen atoms in total. The van der Waals surface area contributed by atoms with Crippen molar-refractivity contribution >= 4 is 5.78 Å². The van der Waals surface area contributed by atoms with Crippen molar-refractivity contribution < 1.29 is 9.18 Å². The van der Waals surface area contributed by atoms with Crippen molar-refractivity contribution in [2.24, 2.45) is 17.3 Å². The summed E-state index contributed by atoms with van der Waals surface area (Å²) in [5.41, 5.74) is 2.52. The zero-order valence-electron chi connectivity index (χ0n) is 12.6. The van der Waals surface area contributed by atoms with Crippen molar-refractivity contribution in [1.82, 2.24) is 0 Å². The molecule has 2 fully saturated rings. The fourth-order valence-electron chi connectivity index (χ4n) is 5.63. The van der Waals surface area contributed by atoms with Crippen LogP contribution in [0.25, 0.3) is 0 Å². The smallest absolute Gasteiger partial charge is 0.173 e. The van der Waals surface area contributed by atoms with Crippen LogP contribution in [0, 0.1) is 23.3 Å². The predicted octanol–water partition coefficient (Wildman–Crippen LogP) is 4.25. The molecule has 5 atom stereocenters. The van der Waals surface area contributed by atoms with Crippen LogP contribution in [0.4, 0.5) is 4.39 Å². The lowest BCUT2D eigenvalue weighted by atomic mass is 9.54. The highest BCUT2D eigenvalue weighted by Gasteiger charge is 2.59. The molecule has 0 heterocycles. The molecule has 2 saturated carbocycles. The highest BCUT2D eigenvalue weighted by molar-refractivity contribution is 5.91. The van der Waals surface area contributed by atoms with Gasteiger partial charge in [-0.25, -0.2) is 4.39 Å². The molecule has 0 N–H and O–H groups in total. The SMILES string of the molecule is CC[C@]12CC[C@@H]3c4cc[c]cc4CC[C@H]3[C@@H]1C[C@H](F)C2=O. The van der Waals surface area contributed by atoms with Crippen molar-refractivity contribution in [3.63, 3.8) is 0 Å². The van der Waals surface area contributed by atoms with Gasteiger partial charge < -0.3 is 0 Å². The van der Waals surface area contributed by atoms with Gasteiger partial charge in [-0.15, -0.1) is 0 Å². The average Bonchev–Trinajstić information content (AvgIpc) is 2.79. The van der Waals surface area contributed by atoms with Gasteiger partial charge in [0.25, 0.3) is 0 Å². The second kappa shape index (κ2) is 4.66. The zero-order chi connectivity index (χ0) is 14.6. The Morgan fingerprint density at radius 1 is 1.43 bits per heavy atom. The quantitative estimate of drug-likeness (QED) is 0.754. The van der Waals surface area contributed by atoms with E-state index in [4.69, 9.17) is 0 Å². The van der Waals surface area contributed by atoms with E-state index in [0.29, 0.717) is 18.3 Å². The lowest BCUT2D eigenvalue weighted by Gasteiger charge is -2.49. The van der Waals surface area contributed by atoms with Gasteiger partial charge in [-0.3, -0.25) is 4.79 Å². The molecule has 21 heavy (non-hydrogen) atoms. The first-order chi connectivity index (χ1) is 10.2. The third kappa shape index (κ3) is 1.71. The van der Waals surface area contributed by atoms with E-state index < -0.39 is 6.17 Å². The number of aryl methyl sites for hydroxylation is 1. The number of alkyl halides is 1. The van der Waals surface area contributed by atoms with Crippen molar-refractivity contribution in [1.29, 1.82) is 0 Å². The largest absolute Gasteiger partial charge is 0.296 e. The van der Waals surface area contributed by atoms with Crippen molar-refractivity contribution in [3.05, 3.63) is 35.4 Å². The number of halogens is 1. The molecule has 2 heteroatoms. The van der Waals surface area contributed by atoms with Gasteiger partial charge in [0, 0.05) is 5.41 Å². The molecule has 0 aromatic heterocycles. The average molecular weight is 285 g/mol. The monoisotopic (exact) mass is 285 g/mol. The van der Waals surface area contributed by atoms with Crippen molar-refractivity contribution in [2.45, 2.75) is 57.5 Å². The summed E-state index contributed by atoms with van der Waals surface area (Å²) in [4.78, 5) is 12.4. The van der Waals surface area contributed by atoms with Gasteiger partial charge in [-0.1, -0.05) is 25.1 Å². The Morgan fingerprint density at radius 3 is 3.10 bits per heavy atom. The van der Waals surface area contributed by atoms with Crippen LogP contribution >= 0.6 is 0 Å². The summed E-state index contributed by atoms with van der Waals surface area (Å²) in [5, 5.41) is 0. The van der Waals surface area contributed by atoms with Crippen LogP contribution < -0.4 is 0 Å². The fourth-order valence-corrected chi connectivity index (χ4v) is 5.63. The Labute approximate surface area is 125 Å². The molecule has 0 amide bonds. The summed E-state index contributed by atoms with van der Waals surface area (Å²) >= 11 is 0. The molecule has 111 valence electrons. The van der Waals surface area contributed by atoms with Gasteiger partial charge in [0.05, 0.1) is 0 Å². The normalized spacial score (nSPS) is 41.3. The topological polar surface area (TPSA) is 17.1 Å². The molecule has 1 aromatic rings. The first-order valence-electron chi connectivity index (χ1n) is 8.34. The lowest BCUT2D eigenvalue weighted by molar-refractivity contribution is -0.134. The second-order valence-corrected chi connectivity index (χ2v) is 7.16. The molecule has 3 aliphatic rings. The van der Waals surface area contributed by atoms with E-state index in [1.54, 1.807) is 0 Å². The van der Waals surface area contributed by atoms with Gasteiger partial charge in [0.2, 0.25) is 0 Å². The number of rotatable bonds is 1. The number of hydrogen-bond acceptors (Lipinski definition) is 1. The Morgan fingerprint density at radius 2 is 2.29 bits per heavy atom. The van der Waals surface area contributed by atoms with E-state index in [0.717, 1.165) is 32.1 Å². The van der Waals surface area contributed by atoms with Crippen LogP contribution in [0.15, 0.2) is 18.2 Å². The van der Waals surface area contributed by atoms with Gasteiger partial charge >= 0.3 is 0 Å². The van der Waals surface area contributed by atoms with E-state index in [2.05, 4.69) is 25.1 Å².